The molecule has 1 aliphatic rings. The van der Waals surface area contributed by atoms with Gasteiger partial charge in [-0.1, -0.05) is 6.07 Å². The van der Waals surface area contributed by atoms with Crippen LogP contribution in [0.3, 0.4) is 0 Å². The quantitative estimate of drug-likeness (QED) is 0.609. The number of nitrogens with zero attached hydrogens (tertiary/aromatic N) is 1. The van der Waals surface area contributed by atoms with E-state index in [1.165, 1.54) is 0 Å². The van der Waals surface area contributed by atoms with Gasteiger partial charge in [0.1, 0.15) is 5.75 Å². The summed E-state index contributed by atoms with van der Waals surface area (Å²) in [6, 6.07) is 5.00. The Morgan fingerprint density at radius 2 is 2.10 bits per heavy atom. The van der Waals surface area contributed by atoms with E-state index in [4.69, 9.17) is 0 Å². The lowest BCUT2D eigenvalue weighted by Gasteiger charge is -2.32. The zero-order valence-corrected chi connectivity index (χ0v) is 11.8. The Morgan fingerprint density at radius 1 is 1.35 bits per heavy atom. The molecule has 1 unspecified atom stereocenters. The minimum Gasteiger partial charge on any atom is -0.506 e. The van der Waals surface area contributed by atoms with Crippen molar-refractivity contribution in [3.8, 4) is 5.75 Å². The van der Waals surface area contributed by atoms with Gasteiger partial charge < -0.3 is 15.3 Å². The van der Waals surface area contributed by atoms with Gasteiger partial charge in [-0.2, -0.15) is 0 Å². The number of carbonyl (C=O) groups excluding carboxylic acids is 2. The van der Waals surface area contributed by atoms with E-state index in [1.54, 1.807) is 23.1 Å². The molecule has 0 aliphatic carbocycles. The summed E-state index contributed by atoms with van der Waals surface area (Å²) in [5, 5.41) is 12.2. The lowest BCUT2D eigenvalue weighted by Crippen LogP contribution is -2.47. The molecule has 5 nitrogen and oxygen atoms in total. The van der Waals surface area contributed by atoms with Gasteiger partial charge in [0.05, 0.1) is 5.69 Å². The Hall–Kier alpha value is -2.04. The van der Waals surface area contributed by atoms with Crippen molar-refractivity contribution in [3.05, 3.63) is 23.8 Å². The minimum atomic E-state index is -0.696. The first-order chi connectivity index (χ1) is 9.49. The number of nitrogens with one attached hydrogen (secondary N) is 1. The summed E-state index contributed by atoms with van der Waals surface area (Å²) in [5.41, 5.74) is 1.15. The van der Waals surface area contributed by atoms with Gasteiger partial charge in [0.2, 0.25) is 0 Å². The van der Waals surface area contributed by atoms with E-state index in [1.807, 2.05) is 13.8 Å². The van der Waals surface area contributed by atoms with Gasteiger partial charge in [0, 0.05) is 12.6 Å². The van der Waals surface area contributed by atoms with Crippen LogP contribution < -0.4 is 5.32 Å². The number of aryl methyl sites for hydroxylation is 1. The second-order valence-corrected chi connectivity index (χ2v) is 5.32. The number of anilines is 1. The highest BCUT2D eigenvalue weighted by atomic mass is 16.3. The van der Waals surface area contributed by atoms with E-state index < -0.39 is 11.8 Å². The first kappa shape index (κ1) is 14.4. The molecule has 1 aromatic rings. The molecule has 0 aromatic heterocycles. The van der Waals surface area contributed by atoms with Crippen LogP contribution in [0.4, 0.5) is 5.69 Å². The maximum Gasteiger partial charge on any atom is 0.314 e. The number of benzene rings is 1. The van der Waals surface area contributed by atoms with Crippen molar-refractivity contribution < 1.29 is 14.7 Å². The van der Waals surface area contributed by atoms with Crippen molar-refractivity contribution in [3.63, 3.8) is 0 Å². The average Bonchev–Trinajstić information content (AvgIpc) is 2.41. The van der Waals surface area contributed by atoms with Gasteiger partial charge in [0.25, 0.3) is 0 Å². The highest BCUT2D eigenvalue weighted by Gasteiger charge is 2.28. The highest BCUT2D eigenvalue weighted by Crippen LogP contribution is 2.24. The summed E-state index contributed by atoms with van der Waals surface area (Å²) in [6.07, 6.45) is 2.94. The van der Waals surface area contributed by atoms with E-state index in [2.05, 4.69) is 5.32 Å². The Bertz CT molecular complexity index is 528. The first-order valence-electron chi connectivity index (χ1n) is 6.90. The first-order valence-corrected chi connectivity index (χ1v) is 6.90. The van der Waals surface area contributed by atoms with E-state index in [-0.39, 0.29) is 17.5 Å². The molecule has 1 atom stereocenters. The number of phenolic OH excluding ortho intramolecular Hbond substituents is 1. The summed E-state index contributed by atoms with van der Waals surface area (Å²) >= 11 is 0. The van der Waals surface area contributed by atoms with Crippen LogP contribution in [0.5, 0.6) is 5.75 Å². The number of rotatable bonds is 1. The van der Waals surface area contributed by atoms with E-state index >= 15 is 0 Å². The monoisotopic (exact) mass is 276 g/mol. The third-order valence-electron chi connectivity index (χ3n) is 3.66. The van der Waals surface area contributed by atoms with Crippen LogP contribution in [0, 0.1) is 6.92 Å². The number of hydrogen-bond acceptors (Lipinski definition) is 3. The third kappa shape index (κ3) is 3.10. The summed E-state index contributed by atoms with van der Waals surface area (Å²) in [6.45, 7) is 4.41. The molecule has 2 rings (SSSR count). The van der Waals surface area contributed by atoms with Crippen molar-refractivity contribution in [1.82, 2.24) is 4.90 Å². The van der Waals surface area contributed by atoms with Crippen molar-refractivity contribution in [2.24, 2.45) is 0 Å². The molecule has 1 aromatic carbocycles. The summed E-state index contributed by atoms with van der Waals surface area (Å²) in [5.74, 6) is -1.26. The Kier molecular flexibility index (Phi) is 4.27. The Morgan fingerprint density at radius 3 is 2.75 bits per heavy atom. The molecule has 1 heterocycles. The molecule has 0 spiro atoms. The van der Waals surface area contributed by atoms with E-state index in [9.17, 15) is 14.7 Å². The number of aromatic hydroxyl groups is 1. The van der Waals surface area contributed by atoms with E-state index in [0.29, 0.717) is 6.54 Å². The van der Waals surface area contributed by atoms with Crippen molar-refractivity contribution in [2.45, 2.75) is 39.2 Å². The number of amides is 2. The second-order valence-electron chi connectivity index (χ2n) is 5.32. The zero-order valence-electron chi connectivity index (χ0n) is 11.8. The van der Waals surface area contributed by atoms with Crippen molar-refractivity contribution in [1.29, 1.82) is 0 Å². The van der Waals surface area contributed by atoms with Crippen LogP contribution in [0.2, 0.25) is 0 Å². The SMILES string of the molecule is Cc1ccc(NC(=O)C(=O)N2CCCCC2C)c(O)c1. The predicted octanol–water partition coefficient (Wildman–Crippen LogP) is 2.04. The van der Waals surface area contributed by atoms with Crippen LogP contribution in [0.15, 0.2) is 18.2 Å². The van der Waals surface area contributed by atoms with Crippen molar-refractivity contribution in [2.75, 3.05) is 11.9 Å². The van der Waals surface area contributed by atoms with Crippen LogP contribution in [0.1, 0.15) is 31.7 Å². The topological polar surface area (TPSA) is 69.6 Å². The molecule has 1 fully saturated rings. The van der Waals surface area contributed by atoms with Crippen LogP contribution in [0.25, 0.3) is 0 Å². The fraction of sp³-hybridized carbons (Fsp3) is 0.467. The number of carbonyl (C=O) groups is 2. The molecule has 1 aliphatic heterocycles. The lowest BCUT2D eigenvalue weighted by atomic mass is 10.0. The molecular weight excluding hydrogens is 256 g/mol. The minimum absolute atomic E-state index is 0.0298. The summed E-state index contributed by atoms with van der Waals surface area (Å²) in [7, 11) is 0. The predicted molar refractivity (Wildman–Crippen MR) is 76.5 cm³/mol. The normalized spacial score (nSPS) is 18.7. The molecule has 1 saturated heterocycles. The smallest absolute Gasteiger partial charge is 0.314 e. The third-order valence-corrected chi connectivity index (χ3v) is 3.66. The molecule has 0 bridgehead atoms. The van der Waals surface area contributed by atoms with Gasteiger partial charge in [-0.15, -0.1) is 0 Å². The van der Waals surface area contributed by atoms with Crippen LogP contribution in [-0.2, 0) is 9.59 Å². The van der Waals surface area contributed by atoms with Gasteiger partial charge in [0.15, 0.2) is 0 Å². The van der Waals surface area contributed by atoms with Gasteiger partial charge in [-0.25, -0.2) is 0 Å². The molecule has 2 N–H and O–H groups in total. The Labute approximate surface area is 118 Å². The molecule has 5 heteroatoms. The number of phenols is 1. The Balaban J connectivity index is 2.05. The highest BCUT2D eigenvalue weighted by molar-refractivity contribution is 6.39. The summed E-state index contributed by atoms with van der Waals surface area (Å²) in [4.78, 5) is 25.7. The lowest BCUT2D eigenvalue weighted by molar-refractivity contribution is -0.145. The van der Waals surface area contributed by atoms with Gasteiger partial charge in [-0.05, 0) is 50.8 Å². The largest absolute Gasteiger partial charge is 0.506 e. The standard InChI is InChI=1S/C15H20N2O3/c1-10-6-7-12(13(18)9-10)16-14(19)15(20)17-8-4-3-5-11(17)2/h6-7,9,11,18H,3-5,8H2,1-2H3,(H,16,19). The molecule has 0 radical (unpaired) electrons. The van der Waals surface area contributed by atoms with Crippen LogP contribution >= 0.6 is 0 Å². The number of hydrogen-bond donors (Lipinski definition) is 2. The molecule has 108 valence electrons. The fourth-order valence-electron chi connectivity index (χ4n) is 2.45. The second kappa shape index (κ2) is 5.94. The maximum atomic E-state index is 12.1. The molecule has 0 saturated carbocycles. The molecule has 2 amide bonds. The average molecular weight is 276 g/mol. The van der Waals surface area contributed by atoms with Crippen molar-refractivity contribution >= 4 is 17.5 Å². The van der Waals surface area contributed by atoms with E-state index in [0.717, 1.165) is 24.8 Å². The summed E-state index contributed by atoms with van der Waals surface area (Å²) < 4.78 is 0. The van der Waals surface area contributed by atoms with Crippen LogP contribution in [-0.4, -0.2) is 34.4 Å². The number of likely N-dealkylation sites (tertiary alicyclic amines) is 1. The fourth-order valence-corrected chi connectivity index (χ4v) is 2.45. The number of piperidine rings is 1. The molecular formula is C15H20N2O3. The van der Waals surface area contributed by atoms with Gasteiger partial charge in [-0.3, -0.25) is 9.59 Å². The van der Waals surface area contributed by atoms with Gasteiger partial charge >= 0.3 is 11.8 Å². The maximum absolute atomic E-state index is 12.1. The molecule has 20 heavy (non-hydrogen) atoms. The zero-order chi connectivity index (χ0) is 14.7.